The van der Waals surface area contributed by atoms with Gasteiger partial charge in [-0.2, -0.15) is 0 Å². The first-order valence-corrected chi connectivity index (χ1v) is 8.32. The summed E-state index contributed by atoms with van der Waals surface area (Å²) in [6, 6.07) is 17.7. The van der Waals surface area contributed by atoms with E-state index in [1.54, 1.807) is 4.40 Å². The van der Waals surface area contributed by atoms with Crippen LogP contribution in [0.5, 0.6) is 0 Å². The number of anilines is 1. The predicted octanol–water partition coefficient (Wildman–Crippen LogP) is 2.96. The van der Waals surface area contributed by atoms with Gasteiger partial charge in [-0.25, -0.2) is 4.98 Å². The molecule has 3 aromatic carbocycles. The maximum Gasteiger partial charge on any atom is 0.264 e. The smallest absolute Gasteiger partial charge is 0.264 e. The van der Waals surface area contributed by atoms with Crippen LogP contribution >= 0.6 is 0 Å². The first-order chi connectivity index (χ1) is 12.3. The number of nitrogens with two attached hydrogens (primary N) is 1. The lowest BCUT2D eigenvalue weighted by Gasteiger charge is -2.12. The van der Waals surface area contributed by atoms with Gasteiger partial charge < -0.3 is 11.1 Å². The molecule has 0 spiro atoms. The van der Waals surface area contributed by atoms with Gasteiger partial charge in [0.2, 0.25) is 0 Å². The van der Waals surface area contributed by atoms with Gasteiger partial charge in [0.25, 0.3) is 5.56 Å². The molecule has 5 aromatic rings. The van der Waals surface area contributed by atoms with Crippen LogP contribution < -0.4 is 16.6 Å². The lowest BCUT2D eigenvalue weighted by atomic mass is 10.0. The molecule has 0 aliphatic rings. The van der Waals surface area contributed by atoms with E-state index in [-0.39, 0.29) is 5.56 Å². The Hall–Kier alpha value is -3.18. The average Bonchev–Trinajstić information content (AvgIpc) is 3.04. The summed E-state index contributed by atoms with van der Waals surface area (Å²) in [5.74, 6) is 0. The highest BCUT2D eigenvalue weighted by Gasteiger charge is 2.16. The fourth-order valence-electron chi connectivity index (χ4n) is 3.66. The third kappa shape index (κ3) is 1.87. The third-order valence-corrected chi connectivity index (χ3v) is 4.74. The van der Waals surface area contributed by atoms with E-state index in [2.05, 4.69) is 5.32 Å². The number of imidazole rings is 1. The van der Waals surface area contributed by atoms with Gasteiger partial charge in [0.15, 0.2) is 0 Å². The molecule has 0 bridgehead atoms. The lowest BCUT2D eigenvalue weighted by Crippen LogP contribution is -2.15. The topological polar surface area (TPSA) is 72.4 Å². The number of rotatable bonds is 3. The van der Waals surface area contributed by atoms with E-state index in [9.17, 15) is 4.79 Å². The number of nitrogens with zero attached hydrogens (tertiary/aromatic N) is 2. The maximum absolute atomic E-state index is 13.2. The van der Waals surface area contributed by atoms with E-state index in [1.165, 1.54) is 0 Å². The molecular weight excluding hydrogens is 312 g/mol. The van der Waals surface area contributed by atoms with Crippen molar-refractivity contribution >= 4 is 43.9 Å². The van der Waals surface area contributed by atoms with Crippen molar-refractivity contribution in [3.05, 3.63) is 65.0 Å². The van der Waals surface area contributed by atoms with Crippen LogP contribution in [0.1, 0.15) is 0 Å². The quantitative estimate of drug-likeness (QED) is 0.534. The van der Waals surface area contributed by atoms with Gasteiger partial charge in [-0.15, -0.1) is 0 Å². The number of hydrogen-bond acceptors (Lipinski definition) is 4. The van der Waals surface area contributed by atoms with Gasteiger partial charge in [0.05, 0.1) is 11.0 Å². The maximum atomic E-state index is 13.2. The monoisotopic (exact) mass is 328 g/mol. The van der Waals surface area contributed by atoms with Crippen LogP contribution in [0.25, 0.3) is 38.2 Å². The van der Waals surface area contributed by atoms with Crippen LogP contribution in [0, 0.1) is 0 Å². The number of nitrogens with one attached hydrogen (secondary N) is 1. The Balaban J connectivity index is 2.02. The van der Waals surface area contributed by atoms with Crippen molar-refractivity contribution in [3.63, 3.8) is 0 Å². The minimum Gasteiger partial charge on any atom is -0.383 e. The van der Waals surface area contributed by atoms with Gasteiger partial charge in [-0.1, -0.05) is 24.3 Å². The first kappa shape index (κ1) is 14.2. The van der Waals surface area contributed by atoms with Gasteiger partial charge in [-0.05, 0) is 30.3 Å². The molecule has 0 unspecified atom stereocenters. The largest absolute Gasteiger partial charge is 0.383 e. The summed E-state index contributed by atoms with van der Waals surface area (Å²) in [7, 11) is 0. The second-order valence-electron chi connectivity index (χ2n) is 6.17. The Morgan fingerprint density at radius 3 is 2.68 bits per heavy atom. The van der Waals surface area contributed by atoms with Crippen molar-refractivity contribution in [1.29, 1.82) is 0 Å². The molecular formula is C20H16N4O. The summed E-state index contributed by atoms with van der Waals surface area (Å²) in [5.41, 5.74) is 8.96. The van der Waals surface area contributed by atoms with Crippen molar-refractivity contribution in [2.45, 2.75) is 0 Å². The van der Waals surface area contributed by atoms with E-state index >= 15 is 0 Å². The Labute approximate surface area is 143 Å². The van der Waals surface area contributed by atoms with Crippen LogP contribution in [-0.2, 0) is 0 Å². The van der Waals surface area contributed by atoms with Gasteiger partial charge in [0.1, 0.15) is 5.65 Å². The molecule has 2 heterocycles. The fourth-order valence-corrected chi connectivity index (χ4v) is 3.66. The van der Waals surface area contributed by atoms with Crippen molar-refractivity contribution in [2.75, 3.05) is 18.4 Å². The van der Waals surface area contributed by atoms with E-state index < -0.39 is 0 Å². The van der Waals surface area contributed by atoms with E-state index in [0.29, 0.717) is 24.1 Å². The van der Waals surface area contributed by atoms with Crippen molar-refractivity contribution in [2.24, 2.45) is 5.73 Å². The molecule has 3 N–H and O–H groups in total. The number of para-hydroxylation sites is 2. The molecule has 25 heavy (non-hydrogen) atoms. The number of fused-ring (bicyclic) bond motifs is 4. The zero-order chi connectivity index (χ0) is 17.0. The second kappa shape index (κ2) is 5.16. The molecule has 0 amide bonds. The highest BCUT2D eigenvalue weighted by atomic mass is 16.1. The van der Waals surface area contributed by atoms with Gasteiger partial charge in [0, 0.05) is 40.3 Å². The lowest BCUT2D eigenvalue weighted by molar-refractivity contribution is 1.03. The van der Waals surface area contributed by atoms with Crippen LogP contribution in [-0.4, -0.2) is 22.5 Å². The van der Waals surface area contributed by atoms with Crippen molar-refractivity contribution in [1.82, 2.24) is 9.38 Å². The molecule has 5 rings (SSSR count). The van der Waals surface area contributed by atoms with Crippen LogP contribution in [0.4, 0.5) is 5.69 Å². The third-order valence-electron chi connectivity index (χ3n) is 4.74. The summed E-state index contributed by atoms with van der Waals surface area (Å²) in [6.45, 7) is 1.24. The van der Waals surface area contributed by atoms with Gasteiger partial charge in [-0.3, -0.25) is 9.20 Å². The molecule has 0 saturated carbocycles. The molecule has 0 atom stereocenters. The molecule has 2 aromatic heterocycles. The highest BCUT2D eigenvalue weighted by molar-refractivity contribution is 6.18. The summed E-state index contributed by atoms with van der Waals surface area (Å²) < 4.78 is 1.72. The van der Waals surface area contributed by atoms with Crippen LogP contribution in [0.2, 0.25) is 0 Å². The number of aromatic nitrogens is 2. The first-order valence-electron chi connectivity index (χ1n) is 8.32. The Morgan fingerprint density at radius 2 is 1.80 bits per heavy atom. The summed E-state index contributed by atoms with van der Waals surface area (Å²) in [4.78, 5) is 17.9. The normalized spacial score (nSPS) is 11.9. The van der Waals surface area contributed by atoms with E-state index in [4.69, 9.17) is 10.7 Å². The molecule has 0 saturated heterocycles. The SMILES string of the molecule is NCCNc1ccc2c3c1cccc3c(=O)n1c3ccccc3nc21. The van der Waals surface area contributed by atoms with E-state index in [1.807, 2.05) is 54.6 Å². The molecule has 5 nitrogen and oxygen atoms in total. The number of pyridine rings is 1. The summed E-state index contributed by atoms with van der Waals surface area (Å²) in [6.07, 6.45) is 0. The van der Waals surface area contributed by atoms with Crippen molar-refractivity contribution in [3.8, 4) is 0 Å². The number of hydrogen-bond donors (Lipinski definition) is 2. The van der Waals surface area contributed by atoms with Crippen LogP contribution in [0.15, 0.2) is 59.4 Å². The van der Waals surface area contributed by atoms with E-state index in [0.717, 1.165) is 32.9 Å². The second-order valence-corrected chi connectivity index (χ2v) is 6.17. The fraction of sp³-hybridized carbons (Fsp3) is 0.100. The Morgan fingerprint density at radius 1 is 0.960 bits per heavy atom. The standard InChI is InChI=1S/C20H16N4O/c21-10-11-22-15-9-8-13-18-12(15)4-3-5-14(18)20(25)24-17-7-2-1-6-16(17)23-19(13)24/h1-9,22H,10-11,21H2. The average molecular weight is 328 g/mol. The molecule has 0 fully saturated rings. The Bertz CT molecular complexity index is 1310. The van der Waals surface area contributed by atoms with Crippen LogP contribution in [0.3, 0.4) is 0 Å². The molecule has 0 aliphatic carbocycles. The zero-order valence-corrected chi connectivity index (χ0v) is 13.5. The molecule has 0 aliphatic heterocycles. The van der Waals surface area contributed by atoms with Gasteiger partial charge >= 0.3 is 0 Å². The molecule has 0 radical (unpaired) electrons. The molecule has 122 valence electrons. The highest BCUT2D eigenvalue weighted by Crippen LogP contribution is 2.33. The number of benzene rings is 3. The van der Waals surface area contributed by atoms with Crippen molar-refractivity contribution < 1.29 is 0 Å². The zero-order valence-electron chi connectivity index (χ0n) is 13.5. The minimum absolute atomic E-state index is 0.0298. The summed E-state index contributed by atoms with van der Waals surface area (Å²) >= 11 is 0. The summed E-state index contributed by atoms with van der Waals surface area (Å²) in [5, 5.41) is 7.01. The Kier molecular flexibility index (Phi) is 2.93. The molecule has 5 heteroatoms. The predicted molar refractivity (Wildman–Crippen MR) is 103 cm³/mol. The minimum atomic E-state index is -0.0298.